The highest BCUT2D eigenvalue weighted by atomic mass is 35.5. The third-order valence-corrected chi connectivity index (χ3v) is 8.31. The summed E-state index contributed by atoms with van der Waals surface area (Å²) < 4.78 is 30.1. The molecule has 3 aromatic carbocycles. The van der Waals surface area contributed by atoms with Gasteiger partial charge in [0.15, 0.2) is 9.84 Å². The summed E-state index contributed by atoms with van der Waals surface area (Å²) in [7, 11) is 0.254. The first-order valence-electron chi connectivity index (χ1n) is 10.2. The molecular formula is C25H28ClNO3S2. The van der Waals surface area contributed by atoms with Crippen molar-refractivity contribution >= 4 is 34.0 Å². The molecule has 0 amide bonds. The van der Waals surface area contributed by atoms with Crippen LogP contribution < -0.4 is 4.74 Å². The molecule has 0 radical (unpaired) electrons. The summed E-state index contributed by atoms with van der Waals surface area (Å²) in [6.45, 7) is 1.65. The molecule has 1 aliphatic rings. The van der Waals surface area contributed by atoms with Crippen molar-refractivity contribution < 1.29 is 13.2 Å². The average molecular weight is 490 g/mol. The number of thioether (sulfide) groups is 1. The van der Waals surface area contributed by atoms with Gasteiger partial charge in [-0.25, -0.2) is 8.42 Å². The van der Waals surface area contributed by atoms with E-state index < -0.39 is 14.6 Å². The maximum Gasteiger partial charge on any atom is 0.179 e. The van der Waals surface area contributed by atoms with Crippen LogP contribution in [0.3, 0.4) is 0 Å². The van der Waals surface area contributed by atoms with Crippen molar-refractivity contribution in [3.05, 3.63) is 89.5 Å². The zero-order chi connectivity index (χ0) is 22.1. The Bertz CT molecular complexity index is 1170. The summed E-state index contributed by atoms with van der Waals surface area (Å²) in [5, 5.41) is 0. The molecule has 4 nitrogen and oxygen atoms in total. The van der Waals surface area contributed by atoms with Crippen LogP contribution in [0.5, 0.6) is 5.75 Å². The van der Waals surface area contributed by atoms with E-state index in [4.69, 9.17) is 4.74 Å². The molecule has 1 unspecified atom stereocenters. The zero-order valence-electron chi connectivity index (χ0n) is 18.4. The Morgan fingerprint density at radius 3 is 2.22 bits per heavy atom. The Labute approximate surface area is 201 Å². The van der Waals surface area contributed by atoms with Crippen molar-refractivity contribution in [2.45, 2.75) is 21.0 Å². The summed E-state index contributed by atoms with van der Waals surface area (Å²) in [5.41, 5.74) is 3.35. The van der Waals surface area contributed by atoms with E-state index in [1.54, 1.807) is 0 Å². The Hall–Kier alpha value is -1.99. The topological polar surface area (TPSA) is 46.6 Å². The van der Waals surface area contributed by atoms with Crippen molar-refractivity contribution in [3.8, 4) is 5.75 Å². The van der Waals surface area contributed by atoms with E-state index in [1.807, 2.05) is 36.0 Å². The van der Waals surface area contributed by atoms with E-state index in [2.05, 4.69) is 60.5 Å². The number of nitrogens with zero attached hydrogens (tertiary/aromatic N) is 1. The molecule has 0 saturated carbocycles. The van der Waals surface area contributed by atoms with Gasteiger partial charge in [-0.2, -0.15) is 0 Å². The third-order valence-electron chi connectivity index (χ3n) is 5.75. The third kappa shape index (κ3) is 4.84. The maximum atomic E-state index is 12.5. The van der Waals surface area contributed by atoms with E-state index in [-0.39, 0.29) is 17.3 Å². The van der Waals surface area contributed by atoms with Gasteiger partial charge in [-0.05, 0) is 54.4 Å². The predicted molar refractivity (Wildman–Crippen MR) is 134 cm³/mol. The summed E-state index contributed by atoms with van der Waals surface area (Å²) in [4.78, 5) is 3.75. The Morgan fingerprint density at radius 1 is 1.00 bits per heavy atom. The number of ether oxygens (including phenoxy) is 1. The number of likely N-dealkylation sites (N-methyl/N-ethyl adjacent to an activating group) is 1. The van der Waals surface area contributed by atoms with Crippen LogP contribution in [0.15, 0.2) is 82.6 Å². The second-order valence-electron chi connectivity index (χ2n) is 8.03. The molecule has 0 saturated heterocycles. The van der Waals surface area contributed by atoms with Crippen LogP contribution in [0.2, 0.25) is 0 Å². The smallest absolute Gasteiger partial charge is 0.179 e. The van der Waals surface area contributed by atoms with E-state index in [9.17, 15) is 8.42 Å². The van der Waals surface area contributed by atoms with Crippen molar-refractivity contribution in [1.29, 1.82) is 0 Å². The molecular weight excluding hydrogens is 462 g/mol. The predicted octanol–water partition coefficient (Wildman–Crippen LogP) is 5.04. The molecule has 0 aliphatic carbocycles. The molecule has 32 heavy (non-hydrogen) atoms. The van der Waals surface area contributed by atoms with E-state index >= 15 is 0 Å². The van der Waals surface area contributed by atoms with Gasteiger partial charge >= 0.3 is 0 Å². The standard InChI is InChI=1S/C25H27NO3S2.ClH/c1-26-15-14-19-16-24(31(3,27)28)23(29-2)17-22(19)25(18-26,20-10-6-4-7-11-20)30-21-12-8-5-9-13-21;/h4-13,16-17H,14-15,18H2,1-3H3;1H. The first-order valence-corrected chi connectivity index (χ1v) is 12.9. The van der Waals surface area contributed by atoms with Crippen molar-refractivity contribution in [2.75, 3.05) is 33.5 Å². The highest BCUT2D eigenvalue weighted by Gasteiger charge is 2.41. The molecule has 0 bridgehead atoms. The normalized spacial score (nSPS) is 18.8. The fourth-order valence-electron chi connectivity index (χ4n) is 4.28. The SMILES string of the molecule is COc1cc2c(cc1S(C)(=O)=O)CCN(C)CC2(Sc1ccccc1)c1ccccc1.Cl. The lowest BCUT2D eigenvalue weighted by molar-refractivity contribution is 0.327. The van der Waals surface area contributed by atoms with E-state index in [0.717, 1.165) is 30.6 Å². The minimum Gasteiger partial charge on any atom is -0.495 e. The van der Waals surface area contributed by atoms with Gasteiger partial charge in [0.25, 0.3) is 0 Å². The molecule has 0 spiro atoms. The first kappa shape index (κ1) is 24.6. The van der Waals surface area contributed by atoms with Crippen LogP contribution in [-0.2, 0) is 21.0 Å². The lowest BCUT2D eigenvalue weighted by Crippen LogP contribution is -2.36. The maximum absolute atomic E-state index is 12.5. The fraction of sp³-hybridized carbons (Fsp3) is 0.280. The number of hydrogen-bond acceptors (Lipinski definition) is 5. The van der Waals surface area contributed by atoms with Crippen LogP contribution in [0.1, 0.15) is 16.7 Å². The minimum absolute atomic E-state index is 0. The molecule has 1 aliphatic heterocycles. The number of halogens is 1. The second-order valence-corrected chi connectivity index (χ2v) is 11.4. The number of sulfone groups is 1. The average Bonchev–Trinajstić information content (AvgIpc) is 2.90. The number of fused-ring (bicyclic) bond motifs is 1. The summed E-state index contributed by atoms with van der Waals surface area (Å²) >= 11 is 1.81. The van der Waals surface area contributed by atoms with Gasteiger partial charge in [0, 0.05) is 24.2 Å². The van der Waals surface area contributed by atoms with Gasteiger partial charge < -0.3 is 9.64 Å². The number of methoxy groups -OCH3 is 1. The van der Waals surface area contributed by atoms with Gasteiger partial charge in [0.1, 0.15) is 10.6 Å². The number of rotatable bonds is 5. The van der Waals surface area contributed by atoms with Gasteiger partial charge in [0.05, 0.1) is 11.9 Å². The molecule has 0 aromatic heterocycles. The molecule has 3 aromatic rings. The summed E-state index contributed by atoms with van der Waals surface area (Å²) in [6, 6.07) is 24.6. The lowest BCUT2D eigenvalue weighted by atomic mass is 9.86. The fourth-order valence-corrected chi connectivity index (χ4v) is 6.68. The first-order chi connectivity index (χ1) is 14.8. The van der Waals surface area contributed by atoms with Gasteiger partial charge in [-0.1, -0.05) is 48.5 Å². The molecule has 1 heterocycles. The second kappa shape index (κ2) is 9.87. The quantitative estimate of drug-likeness (QED) is 0.502. The van der Waals surface area contributed by atoms with Crippen LogP contribution in [0.4, 0.5) is 0 Å². The van der Waals surface area contributed by atoms with Crippen molar-refractivity contribution in [3.63, 3.8) is 0 Å². The number of hydrogen-bond donors (Lipinski definition) is 0. The molecule has 4 rings (SSSR count). The van der Waals surface area contributed by atoms with E-state index in [1.165, 1.54) is 23.8 Å². The lowest BCUT2D eigenvalue weighted by Gasteiger charge is -2.37. The molecule has 0 N–H and O–H groups in total. The van der Waals surface area contributed by atoms with E-state index in [0.29, 0.717) is 5.75 Å². The minimum atomic E-state index is -3.41. The zero-order valence-corrected chi connectivity index (χ0v) is 20.9. The van der Waals surface area contributed by atoms with Crippen LogP contribution in [-0.4, -0.2) is 46.8 Å². The Morgan fingerprint density at radius 2 is 1.62 bits per heavy atom. The van der Waals surface area contributed by atoms with Crippen LogP contribution in [0, 0.1) is 0 Å². The monoisotopic (exact) mass is 489 g/mol. The van der Waals surface area contributed by atoms with Crippen LogP contribution >= 0.6 is 24.2 Å². The summed E-state index contributed by atoms with van der Waals surface area (Å²) in [5.74, 6) is 0.403. The molecule has 1 atom stereocenters. The van der Waals surface area contributed by atoms with Gasteiger partial charge in [-0.3, -0.25) is 0 Å². The van der Waals surface area contributed by atoms with Gasteiger partial charge in [-0.15, -0.1) is 24.2 Å². The molecule has 7 heteroatoms. The van der Waals surface area contributed by atoms with Crippen LogP contribution in [0.25, 0.3) is 0 Å². The highest BCUT2D eigenvalue weighted by Crippen LogP contribution is 2.51. The van der Waals surface area contributed by atoms with Crippen molar-refractivity contribution in [1.82, 2.24) is 4.90 Å². The number of benzene rings is 3. The Kier molecular flexibility index (Phi) is 7.61. The summed E-state index contributed by atoms with van der Waals surface area (Å²) in [6.07, 6.45) is 2.02. The van der Waals surface area contributed by atoms with Crippen molar-refractivity contribution in [2.24, 2.45) is 0 Å². The largest absolute Gasteiger partial charge is 0.495 e. The van der Waals surface area contributed by atoms with Gasteiger partial charge in [0.2, 0.25) is 0 Å². The highest BCUT2D eigenvalue weighted by molar-refractivity contribution is 8.00. The Balaban J connectivity index is 0.00000289. The molecule has 170 valence electrons. The molecule has 0 fully saturated rings.